The van der Waals surface area contributed by atoms with Crippen molar-refractivity contribution in [2.24, 2.45) is 0 Å². The zero-order chi connectivity index (χ0) is 26.3. The van der Waals surface area contributed by atoms with E-state index in [9.17, 15) is 39.6 Å². The number of carboxylic acids is 4. The quantitative estimate of drug-likeness (QED) is 0.157. The normalized spacial score (nSPS) is 12.8. The Morgan fingerprint density at radius 3 is 0.636 bits per heavy atom. The Kier molecular flexibility index (Phi) is 36.1. The van der Waals surface area contributed by atoms with Gasteiger partial charge in [0, 0.05) is 0 Å². The van der Waals surface area contributed by atoms with Crippen LogP contribution < -0.4 is 20.4 Å². The van der Waals surface area contributed by atoms with E-state index in [2.05, 4.69) is 0 Å². The van der Waals surface area contributed by atoms with Crippen molar-refractivity contribution in [3.8, 4) is 0 Å². The number of aliphatic hydroxyl groups excluding tert-OH is 4. The van der Waals surface area contributed by atoms with E-state index in [0.717, 1.165) is 0 Å². The van der Waals surface area contributed by atoms with Gasteiger partial charge in [0.1, 0.15) is 0 Å². The second kappa shape index (κ2) is 28.6. The molecule has 0 spiro atoms. The molecule has 0 aromatic rings. The zero-order valence-corrected chi connectivity index (χ0v) is 22.4. The number of rotatable bonds is 12. The Hall–Kier alpha value is -1.48. The maximum absolute atomic E-state index is 9.73. The third-order valence-corrected chi connectivity index (χ3v) is 3.34. The molecule has 0 aliphatic rings. The topological polar surface area (TPSA) is 241 Å². The van der Waals surface area contributed by atoms with Crippen LogP contribution in [0.5, 0.6) is 0 Å². The molecule has 12 nitrogen and oxygen atoms in total. The fraction of sp³-hybridized carbons (Fsp3) is 0.800. The number of aliphatic carboxylic acids is 4. The summed E-state index contributed by atoms with van der Waals surface area (Å²) in [6.45, 7) is 7.19. The average Bonchev–Trinajstić information content (AvgIpc) is 2.70. The Morgan fingerprint density at radius 1 is 0.485 bits per heavy atom. The Balaban J connectivity index is -0.000000105. The van der Waals surface area contributed by atoms with Gasteiger partial charge in [-0.2, -0.15) is 0 Å². The summed E-state index contributed by atoms with van der Waals surface area (Å²) in [7, 11) is 0. The molecule has 0 aliphatic heterocycles. The van der Waals surface area contributed by atoms with Gasteiger partial charge in [-0.1, -0.05) is 53.4 Å². The van der Waals surface area contributed by atoms with Crippen molar-refractivity contribution in [3.63, 3.8) is 0 Å². The van der Waals surface area contributed by atoms with Crippen LogP contribution in [0.1, 0.15) is 79.1 Å². The molecule has 13 heteroatoms. The first-order valence-corrected chi connectivity index (χ1v) is 10.3. The minimum Gasteiger partial charge on any atom is -0.547 e. The van der Waals surface area contributed by atoms with E-state index in [1.165, 1.54) is 0 Å². The van der Waals surface area contributed by atoms with Gasteiger partial charge in [-0.3, -0.25) is 0 Å². The van der Waals surface area contributed by atoms with Crippen LogP contribution in [0, 0.1) is 0 Å². The van der Waals surface area contributed by atoms with Crippen molar-refractivity contribution >= 4 is 47.8 Å². The summed E-state index contributed by atoms with van der Waals surface area (Å²) in [6.07, 6.45) is -1.34. The van der Waals surface area contributed by atoms with Crippen molar-refractivity contribution in [1.29, 1.82) is 0 Å². The van der Waals surface area contributed by atoms with Crippen molar-refractivity contribution < 1.29 is 60.0 Å². The molecular formula is C20H36O12Sn. The van der Waals surface area contributed by atoms with Gasteiger partial charge in [0.05, 0.1) is 48.3 Å². The maximum Gasteiger partial charge on any atom is 4.00 e. The molecule has 0 saturated heterocycles. The first kappa shape index (κ1) is 41.7. The summed E-state index contributed by atoms with van der Waals surface area (Å²) in [5, 5.41) is 72.8. The van der Waals surface area contributed by atoms with Crippen LogP contribution in [0.25, 0.3) is 0 Å². The SMILES string of the molecule is CCCC(O)C(=O)[O-].CCCC(O)C(=O)[O-].CCCC(O)C(=O)[O-].CCCC(O)C(=O)[O-].[Sn+4]. The predicted octanol–water partition coefficient (Wildman–Crippen LogP) is -4.79. The first-order chi connectivity index (χ1) is 14.7. The second-order valence-electron chi connectivity index (χ2n) is 6.49. The molecule has 0 bridgehead atoms. The number of hydrogen-bond acceptors (Lipinski definition) is 12. The van der Waals surface area contributed by atoms with Crippen LogP contribution >= 0.6 is 0 Å². The molecule has 0 radical (unpaired) electrons. The Labute approximate surface area is 211 Å². The van der Waals surface area contributed by atoms with Crippen LogP contribution in [0.3, 0.4) is 0 Å². The summed E-state index contributed by atoms with van der Waals surface area (Å²) in [5.74, 6) is -5.53. The summed E-state index contributed by atoms with van der Waals surface area (Å²) < 4.78 is 0. The molecule has 0 aromatic heterocycles. The molecule has 0 saturated carbocycles. The molecule has 4 N–H and O–H groups in total. The summed E-state index contributed by atoms with van der Waals surface area (Å²) in [4.78, 5) is 38.9. The number of hydrogen-bond donors (Lipinski definition) is 4. The standard InChI is InChI=1S/4C5H10O3.Sn/c4*1-2-3-4(6)5(7)8;/h4*4,6H,2-3H2,1H3,(H,7,8);/q;;;;+4/p-4. The summed E-state index contributed by atoms with van der Waals surface area (Å²) in [6, 6.07) is 0. The van der Waals surface area contributed by atoms with E-state index in [1.54, 1.807) is 27.7 Å². The summed E-state index contributed by atoms with van der Waals surface area (Å²) in [5.41, 5.74) is 0. The second-order valence-corrected chi connectivity index (χ2v) is 6.49. The molecule has 4 unspecified atom stereocenters. The smallest absolute Gasteiger partial charge is 0.547 e. The molecule has 0 aromatic carbocycles. The summed E-state index contributed by atoms with van der Waals surface area (Å²) >= 11 is 0. The van der Waals surface area contributed by atoms with Crippen LogP contribution in [0.4, 0.5) is 0 Å². The fourth-order valence-corrected chi connectivity index (χ4v) is 1.57. The largest absolute Gasteiger partial charge is 4.00 e. The van der Waals surface area contributed by atoms with Gasteiger partial charge in [0.25, 0.3) is 0 Å². The Bertz CT molecular complexity index is 413. The molecule has 4 atom stereocenters. The van der Waals surface area contributed by atoms with Gasteiger partial charge in [-0.05, 0) is 25.7 Å². The van der Waals surface area contributed by atoms with Gasteiger partial charge < -0.3 is 60.0 Å². The van der Waals surface area contributed by atoms with Crippen LogP contribution in [0.2, 0.25) is 0 Å². The van der Waals surface area contributed by atoms with Crippen LogP contribution in [-0.4, -0.2) is 92.6 Å². The molecule has 33 heavy (non-hydrogen) atoms. The van der Waals surface area contributed by atoms with Gasteiger partial charge in [-0.15, -0.1) is 0 Å². The third kappa shape index (κ3) is 35.3. The molecule has 0 heterocycles. The molecule has 0 rings (SSSR count). The number of carboxylic acid groups (broad SMARTS) is 4. The minimum atomic E-state index is -1.38. The van der Waals surface area contributed by atoms with E-state index in [0.29, 0.717) is 25.7 Å². The van der Waals surface area contributed by atoms with E-state index < -0.39 is 48.3 Å². The monoisotopic (exact) mass is 588 g/mol. The zero-order valence-electron chi connectivity index (χ0n) is 19.5. The maximum atomic E-state index is 9.73. The molecule has 0 aliphatic carbocycles. The molecule has 0 fully saturated rings. The van der Waals surface area contributed by atoms with E-state index >= 15 is 0 Å². The molecular weight excluding hydrogens is 551 g/mol. The predicted molar refractivity (Wildman–Crippen MR) is 109 cm³/mol. The van der Waals surface area contributed by atoms with Crippen molar-refractivity contribution in [1.82, 2.24) is 0 Å². The van der Waals surface area contributed by atoms with E-state index in [1.807, 2.05) is 0 Å². The number of aliphatic hydroxyl groups is 4. The molecule has 0 amide bonds. The van der Waals surface area contributed by atoms with Gasteiger partial charge in [0.2, 0.25) is 0 Å². The minimum absolute atomic E-state index is 0. The third-order valence-electron chi connectivity index (χ3n) is 3.34. The fourth-order valence-electron chi connectivity index (χ4n) is 1.57. The van der Waals surface area contributed by atoms with Crippen LogP contribution in [0.15, 0.2) is 0 Å². The van der Waals surface area contributed by atoms with Gasteiger partial charge in [-0.25, -0.2) is 0 Å². The number of carbonyl (C=O) groups excluding carboxylic acids is 4. The molecule has 192 valence electrons. The van der Waals surface area contributed by atoms with Crippen LogP contribution in [-0.2, 0) is 19.2 Å². The first-order valence-electron chi connectivity index (χ1n) is 10.3. The number of carbonyl (C=O) groups is 4. The van der Waals surface area contributed by atoms with Crippen molar-refractivity contribution in [2.45, 2.75) is 103 Å². The van der Waals surface area contributed by atoms with E-state index in [4.69, 9.17) is 20.4 Å². The van der Waals surface area contributed by atoms with Crippen molar-refractivity contribution in [2.75, 3.05) is 0 Å². The average molecular weight is 587 g/mol. The Morgan fingerprint density at radius 2 is 0.606 bits per heavy atom. The van der Waals surface area contributed by atoms with Crippen molar-refractivity contribution in [3.05, 3.63) is 0 Å². The van der Waals surface area contributed by atoms with E-state index in [-0.39, 0.29) is 49.6 Å². The van der Waals surface area contributed by atoms with Gasteiger partial charge in [0.15, 0.2) is 0 Å². The van der Waals surface area contributed by atoms with Gasteiger partial charge >= 0.3 is 23.9 Å².